The van der Waals surface area contributed by atoms with E-state index in [2.05, 4.69) is 12.1 Å². The molecule has 0 aliphatic heterocycles. The summed E-state index contributed by atoms with van der Waals surface area (Å²) in [6.07, 6.45) is 0. The van der Waals surface area contributed by atoms with Crippen LogP contribution >= 0.6 is 11.6 Å². The molecule has 4 aromatic carbocycles. The Labute approximate surface area is 180 Å². The van der Waals surface area contributed by atoms with Gasteiger partial charge in [0.2, 0.25) is 0 Å². The molecule has 0 unspecified atom stereocenters. The maximum atomic E-state index is 11.6. The van der Waals surface area contributed by atoms with Gasteiger partial charge < -0.3 is 10.8 Å². The van der Waals surface area contributed by atoms with Crippen molar-refractivity contribution in [2.75, 3.05) is 0 Å². The van der Waals surface area contributed by atoms with Gasteiger partial charge in [-0.15, -0.1) is 0 Å². The van der Waals surface area contributed by atoms with Gasteiger partial charge in [-0.25, -0.2) is 4.79 Å². The number of carboxylic acid groups (broad SMARTS) is 1. The number of carboxylic acids is 1. The van der Waals surface area contributed by atoms with E-state index in [0.717, 1.165) is 33.4 Å². The minimum atomic E-state index is -0.944. The first kappa shape index (κ1) is 19.9. The molecule has 0 aromatic heterocycles. The number of aromatic carboxylic acids is 1. The monoisotopic (exact) mass is 413 g/mol. The topological polar surface area (TPSA) is 63.3 Å². The molecule has 0 bridgehead atoms. The first-order valence-electron chi connectivity index (χ1n) is 9.58. The Morgan fingerprint density at radius 1 is 0.733 bits per heavy atom. The third-order valence-electron chi connectivity index (χ3n) is 5.06. The lowest BCUT2D eigenvalue weighted by atomic mass is 9.94. The summed E-state index contributed by atoms with van der Waals surface area (Å²) in [5.41, 5.74) is 12.6. The summed E-state index contributed by atoms with van der Waals surface area (Å²) in [6.45, 7) is 0.478. The minimum absolute atomic E-state index is 0.278. The van der Waals surface area contributed by atoms with Crippen LogP contribution in [0.4, 0.5) is 0 Å². The minimum Gasteiger partial charge on any atom is -0.478 e. The van der Waals surface area contributed by atoms with Gasteiger partial charge in [-0.05, 0) is 75.3 Å². The lowest BCUT2D eigenvalue weighted by molar-refractivity contribution is 0.0697. The zero-order valence-corrected chi connectivity index (χ0v) is 16.9. The maximum Gasteiger partial charge on any atom is 0.336 e. The van der Waals surface area contributed by atoms with Crippen molar-refractivity contribution in [1.29, 1.82) is 0 Å². The number of hydrogen-bond acceptors (Lipinski definition) is 2. The van der Waals surface area contributed by atoms with Crippen LogP contribution in [0.15, 0.2) is 91.0 Å². The summed E-state index contributed by atoms with van der Waals surface area (Å²) in [7, 11) is 0. The molecule has 0 spiro atoms. The highest BCUT2D eigenvalue weighted by atomic mass is 35.5. The fourth-order valence-corrected chi connectivity index (χ4v) is 3.82. The Hall–Kier alpha value is -3.40. The van der Waals surface area contributed by atoms with Gasteiger partial charge in [0.25, 0.3) is 0 Å². The van der Waals surface area contributed by atoms with Crippen molar-refractivity contribution in [2.24, 2.45) is 5.73 Å². The number of halogens is 1. The maximum absolute atomic E-state index is 11.6. The van der Waals surface area contributed by atoms with Gasteiger partial charge in [0, 0.05) is 11.6 Å². The number of nitrogens with two attached hydrogens (primary N) is 1. The fraction of sp³-hybridized carbons (Fsp3) is 0.0385. The van der Waals surface area contributed by atoms with Crippen molar-refractivity contribution in [1.82, 2.24) is 0 Å². The van der Waals surface area contributed by atoms with Crippen molar-refractivity contribution in [3.63, 3.8) is 0 Å². The predicted molar refractivity (Wildman–Crippen MR) is 123 cm³/mol. The fourth-order valence-electron chi connectivity index (χ4n) is 3.59. The Kier molecular flexibility index (Phi) is 5.66. The summed E-state index contributed by atoms with van der Waals surface area (Å²) in [6, 6.07) is 28.9. The smallest absolute Gasteiger partial charge is 0.336 e. The van der Waals surface area contributed by atoms with Crippen LogP contribution in [0.5, 0.6) is 0 Å². The van der Waals surface area contributed by atoms with Gasteiger partial charge >= 0.3 is 5.97 Å². The molecule has 0 aliphatic carbocycles. The second-order valence-corrected chi connectivity index (χ2v) is 7.50. The van der Waals surface area contributed by atoms with E-state index >= 15 is 0 Å². The lowest BCUT2D eigenvalue weighted by Crippen LogP contribution is -1.99. The largest absolute Gasteiger partial charge is 0.478 e. The van der Waals surface area contributed by atoms with E-state index in [-0.39, 0.29) is 5.56 Å². The quantitative estimate of drug-likeness (QED) is 0.392. The van der Waals surface area contributed by atoms with Gasteiger partial charge in [0.1, 0.15) is 0 Å². The molecule has 4 heteroatoms. The summed E-state index contributed by atoms with van der Waals surface area (Å²) < 4.78 is 0. The first-order chi connectivity index (χ1) is 14.5. The second-order valence-electron chi connectivity index (χ2n) is 7.06. The van der Waals surface area contributed by atoms with Gasteiger partial charge in [-0.2, -0.15) is 0 Å². The van der Waals surface area contributed by atoms with Gasteiger partial charge in [0.05, 0.1) is 5.56 Å². The Bertz CT molecular complexity index is 1230. The number of benzene rings is 4. The van der Waals surface area contributed by atoms with E-state index in [9.17, 15) is 9.90 Å². The van der Waals surface area contributed by atoms with Crippen LogP contribution in [-0.2, 0) is 6.54 Å². The highest BCUT2D eigenvalue weighted by Gasteiger charge is 2.12. The molecule has 0 amide bonds. The molecule has 3 N–H and O–H groups in total. The van der Waals surface area contributed by atoms with Gasteiger partial charge in [-0.1, -0.05) is 66.2 Å². The predicted octanol–water partition coefficient (Wildman–Crippen LogP) is 6.50. The summed E-state index contributed by atoms with van der Waals surface area (Å²) in [5.74, 6) is -0.944. The van der Waals surface area contributed by atoms with Crippen molar-refractivity contribution in [2.45, 2.75) is 6.54 Å². The third-order valence-corrected chi connectivity index (χ3v) is 5.28. The molecule has 148 valence electrons. The second kappa shape index (κ2) is 8.54. The van der Waals surface area contributed by atoms with Crippen LogP contribution in [0, 0.1) is 0 Å². The van der Waals surface area contributed by atoms with E-state index in [0.29, 0.717) is 17.1 Å². The average molecular weight is 414 g/mol. The van der Waals surface area contributed by atoms with Crippen molar-refractivity contribution in [3.05, 3.63) is 107 Å². The van der Waals surface area contributed by atoms with E-state index in [1.165, 1.54) is 0 Å². The van der Waals surface area contributed by atoms with Crippen molar-refractivity contribution >= 4 is 17.6 Å². The molecule has 0 atom stereocenters. The molecule has 4 rings (SSSR count). The number of rotatable bonds is 5. The molecule has 0 radical (unpaired) electrons. The molecule has 30 heavy (non-hydrogen) atoms. The molecular formula is C26H20ClNO2. The van der Waals surface area contributed by atoms with E-state index in [4.69, 9.17) is 17.3 Å². The molecule has 0 saturated carbocycles. The highest BCUT2D eigenvalue weighted by Crippen LogP contribution is 2.33. The Morgan fingerprint density at radius 3 is 2.03 bits per heavy atom. The van der Waals surface area contributed by atoms with Crippen LogP contribution in [0.2, 0.25) is 5.02 Å². The van der Waals surface area contributed by atoms with Crippen molar-refractivity contribution in [3.8, 4) is 33.4 Å². The van der Waals surface area contributed by atoms with Gasteiger partial charge in [-0.3, -0.25) is 0 Å². The molecule has 0 heterocycles. The zero-order valence-electron chi connectivity index (χ0n) is 16.2. The van der Waals surface area contributed by atoms with Crippen LogP contribution < -0.4 is 5.73 Å². The molecule has 4 aromatic rings. The third kappa shape index (κ3) is 4.13. The summed E-state index contributed by atoms with van der Waals surface area (Å²) in [5, 5.41) is 10.2. The molecule has 0 fully saturated rings. The van der Waals surface area contributed by atoms with E-state index in [1.54, 1.807) is 12.1 Å². The van der Waals surface area contributed by atoms with Crippen molar-refractivity contribution < 1.29 is 9.90 Å². The average Bonchev–Trinajstić information content (AvgIpc) is 2.78. The van der Waals surface area contributed by atoms with Crippen LogP contribution in [0.1, 0.15) is 15.9 Å². The Balaban J connectivity index is 1.80. The van der Waals surface area contributed by atoms with Crippen LogP contribution in [-0.4, -0.2) is 11.1 Å². The lowest BCUT2D eigenvalue weighted by Gasteiger charge is -2.11. The van der Waals surface area contributed by atoms with Crippen LogP contribution in [0.25, 0.3) is 33.4 Å². The Morgan fingerprint density at radius 2 is 1.33 bits per heavy atom. The molecule has 0 aliphatic rings. The zero-order chi connectivity index (χ0) is 21.1. The van der Waals surface area contributed by atoms with Crippen LogP contribution in [0.3, 0.4) is 0 Å². The normalized spacial score (nSPS) is 10.7. The molecule has 3 nitrogen and oxygen atoms in total. The number of hydrogen-bond donors (Lipinski definition) is 2. The first-order valence-corrected chi connectivity index (χ1v) is 9.96. The van der Waals surface area contributed by atoms with Gasteiger partial charge in [0.15, 0.2) is 0 Å². The van der Waals surface area contributed by atoms with E-state index < -0.39 is 5.97 Å². The van der Waals surface area contributed by atoms with E-state index in [1.807, 2.05) is 66.7 Å². The standard InChI is InChI=1S/C26H20ClNO2/c27-23-14-21(18-6-3-5-17(11-18)16-28)13-22(15-23)19-7-4-8-20(12-19)24-9-1-2-10-25(24)26(29)30/h1-15H,16,28H2,(H,29,30). The molecule has 0 saturated heterocycles. The summed E-state index contributed by atoms with van der Waals surface area (Å²) >= 11 is 6.44. The number of carbonyl (C=O) groups is 1. The molecular weight excluding hydrogens is 394 g/mol. The highest BCUT2D eigenvalue weighted by molar-refractivity contribution is 6.31. The summed E-state index contributed by atoms with van der Waals surface area (Å²) in [4.78, 5) is 11.6. The SMILES string of the molecule is NCc1cccc(-c2cc(Cl)cc(-c3cccc(-c4ccccc4C(=O)O)c3)c2)c1.